The summed E-state index contributed by atoms with van der Waals surface area (Å²) in [6, 6.07) is 6.74. The molecule has 0 bridgehead atoms. The van der Waals surface area contributed by atoms with E-state index in [0.29, 0.717) is 34.6 Å². The molecule has 0 radical (unpaired) electrons. The number of fused-ring (bicyclic) bond motifs is 3. The van der Waals surface area contributed by atoms with Crippen molar-refractivity contribution in [1.82, 2.24) is 0 Å². The minimum absolute atomic E-state index is 0.0625. The first-order chi connectivity index (χ1) is 15.4. The normalized spacial score (nSPS) is 21.2. The van der Waals surface area contributed by atoms with Gasteiger partial charge in [0.1, 0.15) is 17.1 Å². The third-order valence-corrected chi connectivity index (χ3v) is 6.87. The SMILES string of the molecule is COc1cc([C@@H]2CC(=O)Oc3ccc4c(c32)OC2(CCCCC2)CC4=O)cc(OC)c1O. The molecule has 1 aliphatic carbocycles. The third kappa shape index (κ3) is 3.27. The van der Waals surface area contributed by atoms with Gasteiger partial charge in [-0.1, -0.05) is 6.42 Å². The number of Topliss-reactive ketones (excluding diaryl/α,β-unsaturated/α-hetero) is 1. The maximum atomic E-state index is 13.1. The lowest BCUT2D eigenvalue weighted by atomic mass is 9.76. The zero-order valence-electron chi connectivity index (χ0n) is 18.2. The van der Waals surface area contributed by atoms with E-state index in [9.17, 15) is 14.7 Å². The van der Waals surface area contributed by atoms with Crippen LogP contribution in [0.15, 0.2) is 24.3 Å². The Morgan fingerprint density at radius 3 is 2.38 bits per heavy atom. The largest absolute Gasteiger partial charge is 0.502 e. The van der Waals surface area contributed by atoms with Crippen LogP contribution in [0.1, 0.15) is 72.3 Å². The second kappa shape index (κ2) is 7.73. The first-order valence-corrected chi connectivity index (χ1v) is 11.0. The van der Waals surface area contributed by atoms with Crippen LogP contribution in [0.25, 0.3) is 0 Å². The van der Waals surface area contributed by atoms with Crippen LogP contribution in [-0.4, -0.2) is 36.7 Å². The molecular formula is C25H26O7. The molecule has 1 atom stereocenters. The number of ketones is 1. The molecule has 0 amide bonds. The molecule has 2 aromatic carbocycles. The molecule has 1 saturated carbocycles. The zero-order chi connectivity index (χ0) is 22.5. The maximum absolute atomic E-state index is 13.1. The van der Waals surface area contributed by atoms with E-state index in [2.05, 4.69) is 0 Å². The number of carbonyl (C=O) groups excluding carboxylic acids is 2. The number of aromatic hydroxyl groups is 1. The zero-order valence-corrected chi connectivity index (χ0v) is 18.2. The predicted molar refractivity (Wildman–Crippen MR) is 115 cm³/mol. The number of hydrogen-bond donors (Lipinski definition) is 1. The van der Waals surface area contributed by atoms with Crippen molar-refractivity contribution in [1.29, 1.82) is 0 Å². The third-order valence-electron chi connectivity index (χ3n) is 6.87. The quantitative estimate of drug-likeness (QED) is 0.556. The molecule has 0 aromatic heterocycles. The Kier molecular flexibility index (Phi) is 4.99. The maximum Gasteiger partial charge on any atom is 0.312 e. The highest BCUT2D eigenvalue weighted by molar-refractivity contribution is 6.01. The van der Waals surface area contributed by atoms with Gasteiger partial charge in [-0.3, -0.25) is 9.59 Å². The molecule has 0 saturated heterocycles. The Labute approximate surface area is 186 Å². The van der Waals surface area contributed by atoms with Crippen molar-refractivity contribution >= 4 is 11.8 Å². The van der Waals surface area contributed by atoms with Crippen molar-refractivity contribution in [2.75, 3.05) is 14.2 Å². The molecular weight excluding hydrogens is 412 g/mol. The van der Waals surface area contributed by atoms with Crippen LogP contribution >= 0.6 is 0 Å². The van der Waals surface area contributed by atoms with Crippen molar-refractivity contribution in [3.63, 3.8) is 0 Å². The molecule has 32 heavy (non-hydrogen) atoms. The summed E-state index contributed by atoms with van der Waals surface area (Å²) in [4.78, 5) is 25.6. The lowest BCUT2D eigenvalue weighted by molar-refractivity contribution is -0.135. The molecule has 0 unspecified atom stereocenters. The summed E-state index contributed by atoms with van der Waals surface area (Å²) < 4.78 is 22.8. The van der Waals surface area contributed by atoms with Crippen molar-refractivity contribution in [2.45, 2.75) is 56.5 Å². The second-order valence-corrected chi connectivity index (χ2v) is 8.80. The van der Waals surface area contributed by atoms with Gasteiger partial charge in [-0.2, -0.15) is 0 Å². The van der Waals surface area contributed by atoms with Gasteiger partial charge in [0, 0.05) is 11.5 Å². The average molecular weight is 438 g/mol. The second-order valence-electron chi connectivity index (χ2n) is 8.80. The monoisotopic (exact) mass is 438 g/mol. The van der Waals surface area contributed by atoms with E-state index < -0.39 is 11.5 Å². The van der Waals surface area contributed by atoms with Gasteiger partial charge in [-0.25, -0.2) is 0 Å². The van der Waals surface area contributed by atoms with Crippen molar-refractivity contribution in [3.05, 3.63) is 41.0 Å². The molecule has 1 spiro atoms. The summed E-state index contributed by atoms with van der Waals surface area (Å²) in [6.07, 6.45) is 5.34. The molecule has 7 nitrogen and oxygen atoms in total. The van der Waals surface area contributed by atoms with Gasteiger partial charge >= 0.3 is 5.97 Å². The van der Waals surface area contributed by atoms with Crippen LogP contribution in [0, 0.1) is 0 Å². The number of methoxy groups -OCH3 is 2. The van der Waals surface area contributed by atoms with E-state index in [1.165, 1.54) is 14.2 Å². The molecule has 3 aliphatic rings. The van der Waals surface area contributed by atoms with Crippen LogP contribution in [-0.2, 0) is 4.79 Å². The molecule has 1 fully saturated rings. The first-order valence-electron chi connectivity index (χ1n) is 11.0. The molecule has 5 rings (SSSR count). The van der Waals surface area contributed by atoms with E-state index in [1.807, 2.05) is 0 Å². The number of benzene rings is 2. The van der Waals surface area contributed by atoms with E-state index in [-0.39, 0.29) is 35.4 Å². The van der Waals surface area contributed by atoms with Gasteiger partial charge in [-0.05, 0) is 55.5 Å². The number of rotatable bonds is 3. The van der Waals surface area contributed by atoms with Gasteiger partial charge in [0.05, 0.1) is 32.6 Å². The lowest BCUT2D eigenvalue weighted by Crippen LogP contribution is -2.44. The smallest absolute Gasteiger partial charge is 0.312 e. The standard InChI is InChI=1S/C25H26O7/c1-29-19-10-14(11-20(30-2)23(19)28)16-12-21(27)31-18-7-6-15-17(26)13-25(8-4-3-5-9-25)32-24(15)22(16)18/h6-7,10-11,16,28H,3-5,8-9,12-13H2,1-2H3/t16-/m0/s1. The fraction of sp³-hybridized carbons (Fsp3) is 0.440. The molecule has 168 valence electrons. The van der Waals surface area contributed by atoms with Crippen molar-refractivity contribution < 1.29 is 33.6 Å². The average Bonchev–Trinajstić information content (AvgIpc) is 2.78. The molecule has 7 heteroatoms. The molecule has 2 aliphatic heterocycles. The fourth-order valence-electron chi connectivity index (χ4n) is 5.28. The van der Waals surface area contributed by atoms with E-state index in [4.69, 9.17) is 18.9 Å². The number of esters is 1. The number of phenols is 1. The summed E-state index contributed by atoms with van der Waals surface area (Å²) in [5.74, 6) is 0.545. The van der Waals surface area contributed by atoms with Gasteiger partial charge in [-0.15, -0.1) is 0 Å². The summed E-state index contributed by atoms with van der Waals surface area (Å²) in [5, 5.41) is 10.3. The Hall–Kier alpha value is -3.22. The molecule has 1 N–H and O–H groups in total. The lowest BCUT2D eigenvalue weighted by Gasteiger charge is -2.42. The minimum atomic E-state index is -0.492. The van der Waals surface area contributed by atoms with E-state index >= 15 is 0 Å². The van der Waals surface area contributed by atoms with Gasteiger partial charge in [0.2, 0.25) is 5.75 Å². The first kappa shape index (κ1) is 20.7. The van der Waals surface area contributed by atoms with Gasteiger partial charge in [0.15, 0.2) is 17.3 Å². The van der Waals surface area contributed by atoms with Crippen LogP contribution in [0.5, 0.6) is 28.7 Å². The Bertz CT molecular complexity index is 1070. The highest BCUT2D eigenvalue weighted by Crippen LogP contribution is 2.52. The van der Waals surface area contributed by atoms with Crippen molar-refractivity contribution in [2.24, 2.45) is 0 Å². The van der Waals surface area contributed by atoms with Crippen molar-refractivity contribution in [3.8, 4) is 28.7 Å². The summed E-state index contributed by atoms with van der Waals surface area (Å²) in [5.41, 5.74) is 1.44. The van der Waals surface area contributed by atoms with Gasteiger partial charge in [0.25, 0.3) is 0 Å². The number of carbonyl (C=O) groups is 2. The summed E-state index contributed by atoms with van der Waals surface area (Å²) in [6.45, 7) is 0. The van der Waals surface area contributed by atoms with Crippen LogP contribution in [0.2, 0.25) is 0 Å². The van der Waals surface area contributed by atoms with Crippen LogP contribution in [0.4, 0.5) is 0 Å². The topological polar surface area (TPSA) is 91.3 Å². The number of phenolic OH excluding ortho intramolecular Hbond substituents is 1. The molecule has 2 aromatic rings. The highest BCUT2D eigenvalue weighted by Gasteiger charge is 2.45. The van der Waals surface area contributed by atoms with Crippen LogP contribution < -0.4 is 18.9 Å². The molecule has 2 heterocycles. The van der Waals surface area contributed by atoms with Gasteiger partial charge < -0.3 is 24.1 Å². The fourth-order valence-corrected chi connectivity index (χ4v) is 5.28. The minimum Gasteiger partial charge on any atom is -0.502 e. The Morgan fingerprint density at radius 1 is 1.03 bits per heavy atom. The Morgan fingerprint density at radius 2 is 1.72 bits per heavy atom. The number of ether oxygens (including phenoxy) is 4. The highest BCUT2D eigenvalue weighted by atomic mass is 16.5. The number of hydrogen-bond acceptors (Lipinski definition) is 7. The summed E-state index contributed by atoms with van der Waals surface area (Å²) >= 11 is 0. The summed E-state index contributed by atoms with van der Waals surface area (Å²) in [7, 11) is 2.91. The predicted octanol–water partition coefficient (Wildman–Crippen LogP) is 4.52. The van der Waals surface area contributed by atoms with E-state index in [0.717, 1.165) is 32.1 Å². The van der Waals surface area contributed by atoms with Crippen LogP contribution in [0.3, 0.4) is 0 Å². The Balaban J connectivity index is 1.68. The van der Waals surface area contributed by atoms with E-state index in [1.54, 1.807) is 24.3 Å².